The topological polar surface area (TPSA) is 51.6 Å². The normalized spacial score (nSPS) is 10.0. The van der Waals surface area contributed by atoms with Crippen LogP contribution in [0.1, 0.15) is 0 Å². The molecule has 0 atom stereocenters. The van der Waals surface area contributed by atoms with Crippen molar-refractivity contribution in [2.45, 2.75) is 0 Å². The summed E-state index contributed by atoms with van der Waals surface area (Å²) in [7, 11) is 0. The molecule has 0 aliphatic carbocycles. The van der Waals surface area contributed by atoms with Crippen LogP contribution in [0.3, 0.4) is 0 Å². The Balaban J connectivity index is 0.000000147. The smallest absolute Gasteiger partial charge is 0.295 e. The minimum atomic E-state index is 0. The van der Waals surface area contributed by atoms with Crippen molar-refractivity contribution in [1.82, 2.24) is 19.9 Å². The van der Waals surface area contributed by atoms with Crippen molar-refractivity contribution in [1.29, 1.82) is 0 Å². The van der Waals surface area contributed by atoms with E-state index in [1.165, 1.54) is 20.2 Å². The first-order chi connectivity index (χ1) is 24.3. The number of aromatic nitrogens is 4. The van der Waals surface area contributed by atoms with Gasteiger partial charge < -0.3 is 0 Å². The third kappa shape index (κ3) is 9.66. The van der Waals surface area contributed by atoms with Crippen molar-refractivity contribution >= 4 is 31.5 Å². The maximum Gasteiger partial charge on any atom is 2.00 e. The van der Waals surface area contributed by atoms with Crippen molar-refractivity contribution < 1.29 is 42.1 Å². The van der Waals surface area contributed by atoms with Crippen LogP contribution >= 0.6 is 11.3 Å². The van der Waals surface area contributed by atoms with Crippen LogP contribution < -0.4 is 0 Å². The van der Waals surface area contributed by atoms with E-state index in [0.717, 1.165) is 45.2 Å². The SMILES string of the molecule is [Pt+2].[Pt+2].[c-]1c(-c2ccccn2)cccc1-c1ccccn1.[c-]1cccc2c1sc1[c-]cccc12.[c-]1ccccc1-c1cccc(-c2ccccn2)n1. The second-order valence-electron chi connectivity index (χ2n) is 10.7. The zero-order valence-corrected chi connectivity index (χ0v) is 32.4. The fraction of sp³-hybridized carbons (Fsp3) is 0. The molecule has 5 aromatic heterocycles. The average Bonchev–Trinajstić information content (AvgIpc) is 3.59. The van der Waals surface area contributed by atoms with E-state index in [4.69, 9.17) is 0 Å². The summed E-state index contributed by atoms with van der Waals surface area (Å²) in [4.78, 5) is 17.6. The molecule has 51 heavy (non-hydrogen) atoms. The summed E-state index contributed by atoms with van der Waals surface area (Å²) < 4.78 is 2.44. The Bertz CT molecular complexity index is 2110. The Labute approximate surface area is 330 Å². The molecule has 0 N–H and O–H groups in total. The van der Waals surface area contributed by atoms with Gasteiger partial charge in [-0.05, 0) is 36.0 Å². The summed E-state index contributed by atoms with van der Waals surface area (Å²) in [5.41, 5.74) is 7.50. The molecule has 0 aliphatic rings. The van der Waals surface area contributed by atoms with E-state index in [1.54, 1.807) is 29.9 Å². The Morgan fingerprint density at radius 1 is 0.373 bits per heavy atom. The van der Waals surface area contributed by atoms with Gasteiger partial charge in [0.05, 0.1) is 11.4 Å². The van der Waals surface area contributed by atoms with E-state index in [-0.39, 0.29) is 42.1 Å². The van der Waals surface area contributed by atoms with Gasteiger partial charge in [0.1, 0.15) is 0 Å². The van der Waals surface area contributed by atoms with Gasteiger partial charge in [0.25, 0.3) is 0 Å². The monoisotopic (exact) mass is 1030 g/mol. The first kappa shape index (κ1) is 37.3. The van der Waals surface area contributed by atoms with E-state index in [9.17, 15) is 0 Å². The largest absolute Gasteiger partial charge is 2.00 e. The first-order valence-corrected chi connectivity index (χ1v) is 16.5. The first-order valence-electron chi connectivity index (χ1n) is 15.7. The van der Waals surface area contributed by atoms with Crippen LogP contribution in [0.2, 0.25) is 0 Å². The van der Waals surface area contributed by atoms with Gasteiger partial charge in [0.2, 0.25) is 0 Å². The third-order valence-corrected chi connectivity index (χ3v) is 8.55. The molecular weight excluding hydrogens is 1010 g/mol. The molecule has 4 aromatic carbocycles. The minimum Gasteiger partial charge on any atom is -0.295 e. The maximum absolute atomic E-state index is 4.62. The molecule has 0 amide bonds. The Morgan fingerprint density at radius 3 is 1.37 bits per heavy atom. The Hall–Kier alpha value is -4.92. The molecule has 0 unspecified atom stereocenters. The van der Waals surface area contributed by atoms with Gasteiger partial charge in [0, 0.05) is 30.0 Å². The molecule has 7 heteroatoms. The molecule has 9 rings (SSSR count). The number of hydrogen-bond donors (Lipinski definition) is 0. The standard InChI is InChI=1S/2C16H11N2.C12H6S.2Pt/c1-3-10-17-15(8-1)13-6-5-7-14(12-13)16-9-2-4-11-18-16;1-2-7-13(8-3-1)14-10-6-11-16(18-14)15-9-4-5-12-17-15;1-3-7-11-9(5-1)10-6-2-4-8-12(10)13-11;;/h1-11H;1-7,9-12H;1-6H;;/q2*-1;-2;2*+2. The molecule has 0 bridgehead atoms. The number of hydrogen-bond acceptors (Lipinski definition) is 5. The molecule has 0 saturated carbocycles. The van der Waals surface area contributed by atoms with Crippen molar-refractivity contribution in [3.05, 3.63) is 195 Å². The van der Waals surface area contributed by atoms with Crippen LogP contribution in [0.15, 0.2) is 170 Å². The number of nitrogens with zero attached hydrogens (tertiary/aromatic N) is 4. The predicted molar refractivity (Wildman–Crippen MR) is 200 cm³/mol. The number of fused-ring (bicyclic) bond motifs is 3. The van der Waals surface area contributed by atoms with Crippen LogP contribution in [0.5, 0.6) is 0 Å². The van der Waals surface area contributed by atoms with Crippen LogP contribution in [-0.4, -0.2) is 19.9 Å². The molecule has 0 fully saturated rings. The molecule has 0 aliphatic heterocycles. The predicted octanol–water partition coefficient (Wildman–Crippen LogP) is 10.9. The quantitative estimate of drug-likeness (QED) is 0.165. The maximum atomic E-state index is 4.62. The number of benzene rings is 4. The number of rotatable bonds is 4. The van der Waals surface area contributed by atoms with Crippen molar-refractivity contribution in [2.75, 3.05) is 0 Å². The summed E-state index contributed by atoms with van der Waals surface area (Å²) in [6.07, 6.45) is 5.35. The fourth-order valence-corrected chi connectivity index (χ4v) is 6.18. The van der Waals surface area contributed by atoms with Crippen LogP contribution in [-0.2, 0) is 42.1 Å². The summed E-state index contributed by atoms with van der Waals surface area (Å²) in [5.74, 6) is 0. The average molecular weight is 1030 g/mol. The van der Waals surface area contributed by atoms with Crippen molar-refractivity contribution in [3.8, 4) is 45.2 Å². The number of pyridine rings is 4. The van der Waals surface area contributed by atoms with Gasteiger partial charge in [-0.1, -0.05) is 63.0 Å². The van der Waals surface area contributed by atoms with E-state index in [0.29, 0.717) is 0 Å². The molecule has 4 nitrogen and oxygen atoms in total. The van der Waals surface area contributed by atoms with Crippen LogP contribution in [0.25, 0.3) is 65.3 Å². The molecular formula is C44H28N4Pt2S. The number of thiophene rings is 1. The second kappa shape index (κ2) is 18.9. The Morgan fingerprint density at radius 2 is 0.843 bits per heavy atom. The minimum absolute atomic E-state index is 0. The second-order valence-corrected chi connectivity index (χ2v) is 11.8. The van der Waals surface area contributed by atoms with E-state index >= 15 is 0 Å². The van der Waals surface area contributed by atoms with Crippen molar-refractivity contribution in [2.24, 2.45) is 0 Å². The molecule has 0 radical (unpaired) electrons. The molecule has 5 heterocycles. The van der Waals surface area contributed by atoms with Gasteiger partial charge in [-0.15, -0.1) is 60.2 Å². The summed E-state index contributed by atoms with van der Waals surface area (Å²) in [6.45, 7) is 0. The van der Waals surface area contributed by atoms with E-state index in [2.05, 4.69) is 56.3 Å². The van der Waals surface area contributed by atoms with E-state index in [1.807, 2.05) is 140 Å². The molecule has 9 aromatic rings. The fourth-order valence-electron chi connectivity index (χ4n) is 5.14. The van der Waals surface area contributed by atoms with Gasteiger partial charge >= 0.3 is 42.1 Å². The zero-order valence-electron chi connectivity index (χ0n) is 27.0. The zero-order chi connectivity index (χ0) is 33.1. The molecule has 0 saturated heterocycles. The molecule has 0 spiro atoms. The van der Waals surface area contributed by atoms with Crippen molar-refractivity contribution in [3.63, 3.8) is 0 Å². The van der Waals surface area contributed by atoms with E-state index < -0.39 is 0 Å². The summed E-state index contributed by atoms with van der Waals surface area (Å²) in [6, 6.07) is 62.6. The summed E-state index contributed by atoms with van der Waals surface area (Å²) >= 11 is 1.75. The molecule has 250 valence electrons. The summed E-state index contributed by atoms with van der Waals surface area (Å²) in [5, 5.41) is 2.58. The van der Waals surface area contributed by atoms with Gasteiger partial charge in [-0.3, -0.25) is 19.9 Å². The van der Waals surface area contributed by atoms with Crippen LogP contribution in [0, 0.1) is 24.3 Å². The Kier molecular flexibility index (Phi) is 13.8. The van der Waals surface area contributed by atoms with Gasteiger partial charge in [-0.2, -0.15) is 70.6 Å². The third-order valence-electron chi connectivity index (χ3n) is 7.47. The van der Waals surface area contributed by atoms with Crippen LogP contribution in [0.4, 0.5) is 0 Å². The van der Waals surface area contributed by atoms with Gasteiger partial charge in [-0.25, -0.2) is 0 Å². The van der Waals surface area contributed by atoms with Gasteiger partial charge in [0.15, 0.2) is 0 Å².